The molecule has 98 valence electrons. The molecule has 1 rings (SSSR count). The highest BCUT2D eigenvalue weighted by molar-refractivity contribution is 5.95. The van der Waals surface area contributed by atoms with Crippen LogP contribution < -0.4 is 16.0 Å². The van der Waals surface area contributed by atoms with Crippen LogP contribution in [0.4, 0.5) is 4.79 Å². The number of carbonyl (C=O) groups excluding carboxylic acids is 2. The number of rotatable bonds is 5. The molecule has 0 aliphatic carbocycles. The minimum absolute atomic E-state index is 0.263. The average Bonchev–Trinajstić information content (AvgIpc) is 2.30. The first-order valence-electron chi connectivity index (χ1n) is 5.72. The molecule has 0 saturated carbocycles. The summed E-state index contributed by atoms with van der Waals surface area (Å²) in [5.74, 6) is -0.276. The van der Waals surface area contributed by atoms with E-state index in [2.05, 4.69) is 16.0 Å². The molecule has 3 N–H and O–H groups in total. The molecule has 1 fully saturated rings. The van der Waals surface area contributed by atoms with E-state index in [0.29, 0.717) is 13.2 Å². The van der Waals surface area contributed by atoms with Gasteiger partial charge in [0.1, 0.15) is 0 Å². The van der Waals surface area contributed by atoms with Crippen LogP contribution in [0.25, 0.3) is 0 Å². The molecule has 0 spiro atoms. The Morgan fingerprint density at radius 2 is 2.06 bits per heavy atom. The molecule has 7 nitrogen and oxygen atoms in total. The van der Waals surface area contributed by atoms with Gasteiger partial charge in [-0.1, -0.05) is 0 Å². The largest absolute Gasteiger partial charge is 0.383 e. The highest BCUT2D eigenvalue weighted by Gasteiger charge is 2.14. The molecule has 0 unspecified atom stereocenters. The van der Waals surface area contributed by atoms with Crippen molar-refractivity contribution in [2.45, 2.75) is 0 Å². The molecule has 17 heavy (non-hydrogen) atoms. The number of piperazine rings is 1. The minimum atomic E-state index is -0.470. The van der Waals surface area contributed by atoms with E-state index in [1.165, 1.54) is 0 Å². The number of hydrogen-bond donors (Lipinski definition) is 3. The smallest absolute Gasteiger partial charge is 0.321 e. The Balaban J connectivity index is 2.12. The first-order valence-corrected chi connectivity index (χ1v) is 5.72. The van der Waals surface area contributed by atoms with Crippen molar-refractivity contribution in [2.24, 2.45) is 0 Å². The zero-order chi connectivity index (χ0) is 12.5. The van der Waals surface area contributed by atoms with Gasteiger partial charge in [0.2, 0.25) is 5.91 Å². The normalized spacial score (nSPS) is 16.5. The van der Waals surface area contributed by atoms with Crippen LogP contribution in [0.5, 0.6) is 0 Å². The zero-order valence-electron chi connectivity index (χ0n) is 10.1. The van der Waals surface area contributed by atoms with Gasteiger partial charge < -0.3 is 15.4 Å². The van der Waals surface area contributed by atoms with Crippen LogP contribution in [0.1, 0.15) is 0 Å². The maximum Gasteiger partial charge on any atom is 0.321 e. The number of ether oxygens (including phenoxy) is 1. The Hall–Kier alpha value is -1.18. The molecular formula is C10H20N4O3. The van der Waals surface area contributed by atoms with Crippen molar-refractivity contribution in [2.75, 3.05) is 53.0 Å². The Kier molecular flexibility index (Phi) is 6.53. The lowest BCUT2D eigenvalue weighted by Crippen LogP contribution is -2.50. The molecule has 1 saturated heterocycles. The first-order chi connectivity index (χ1) is 8.22. The van der Waals surface area contributed by atoms with Gasteiger partial charge in [0.05, 0.1) is 13.2 Å². The van der Waals surface area contributed by atoms with Gasteiger partial charge in [-0.25, -0.2) is 4.79 Å². The van der Waals surface area contributed by atoms with Gasteiger partial charge in [-0.2, -0.15) is 0 Å². The van der Waals surface area contributed by atoms with Gasteiger partial charge >= 0.3 is 6.03 Å². The number of amides is 3. The molecule has 3 amide bonds. The molecule has 1 aliphatic rings. The summed E-state index contributed by atoms with van der Waals surface area (Å²) < 4.78 is 4.78. The minimum Gasteiger partial charge on any atom is -0.383 e. The van der Waals surface area contributed by atoms with E-state index in [1.807, 2.05) is 4.90 Å². The lowest BCUT2D eigenvalue weighted by Gasteiger charge is -2.26. The lowest BCUT2D eigenvalue weighted by molar-refractivity contribution is -0.121. The second-order valence-electron chi connectivity index (χ2n) is 3.82. The highest BCUT2D eigenvalue weighted by atomic mass is 16.5. The maximum absolute atomic E-state index is 11.5. The summed E-state index contributed by atoms with van der Waals surface area (Å²) in [6.45, 7) is 4.51. The summed E-state index contributed by atoms with van der Waals surface area (Å²) in [6.07, 6.45) is 0. The van der Waals surface area contributed by atoms with Crippen molar-refractivity contribution in [3.63, 3.8) is 0 Å². The van der Waals surface area contributed by atoms with Crippen LogP contribution in [0.15, 0.2) is 0 Å². The third-order valence-corrected chi connectivity index (χ3v) is 2.42. The quantitative estimate of drug-likeness (QED) is 0.506. The molecule has 1 aliphatic heterocycles. The summed E-state index contributed by atoms with van der Waals surface area (Å²) >= 11 is 0. The monoisotopic (exact) mass is 244 g/mol. The standard InChI is InChI=1S/C10H20N4O3/c1-17-7-4-12-10(16)13-9(15)8-14-5-2-11-3-6-14/h11H,2-8H2,1H3,(H2,12,13,15,16). The number of imide groups is 1. The Morgan fingerprint density at radius 1 is 1.35 bits per heavy atom. The number of methoxy groups -OCH3 is 1. The van der Waals surface area contributed by atoms with Gasteiger partial charge in [0.15, 0.2) is 0 Å². The molecule has 1 heterocycles. The maximum atomic E-state index is 11.5. The van der Waals surface area contributed by atoms with Crippen molar-refractivity contribution < 1.29 is 14.3 Å². The van der Waals surface area contributed by atoms with Crippen LogP contribution in [0, 0.1) is 0 Å². The van der Waals surface area contributed by atoms with Crippen molar-refractivity contribution in [1.29, 1.82) is 0 Å². The van der Waals surface area contributed by atoms with Crippen LogP contribution >= 0.6 is 0 Å². The summed E-state index contributed by atoms with van der Waals surface area (Å²) in [5, 5.41) is 8.00. The van der Waals surface area contributed by atoms with Crippen molar-refractivity contribution in [3.05, 3.63) is 0 Å². The predicted molar refractivity (Wildman–Crippen MR) is 62.7 cm³/mol. The van der Waals surface area contributed by atoms with Gasteiger partial charge in [-0.05, 0) is 0 Å². The molecule has 0 bridgehead atoms. The van der Waals surface area contributed by atoms with Crippen molar-refractivity contribution in [3.8, 4) is 0 Å². The fourth-order valence-corrected chi connectivity index (χ4v) is 1.55. The second kappa shape index (κ2) is 7.99. The van der Waals surface area contributed by atoms with Gasteiger partial charge in [0, 0.05) is 39.8 Å². The molecular weight excluding hydrogens is 224 g/mol. The van der Waals surface area contributed by atoms with Crippen molar-refractivity contribution >= 4 is 11.9 Å². The van der Waals surface area contributed by atoms with E-state index < -0.39 is 6.03 Å². The Labute approximate surface area is 101 Å². The van der Waals surface area contributed by atoms with E-state index in [-0.39, 0.29) is 12.5 Å². The van der Waals surface area contributed by atoms with E-state index in [9.17, 15) is 9.59 Å². The number of nitrogens with one attached hydrogen (secondary N) is 3. The third kappa shape index (κ3) is 6.20. The lowest BCUT2D eigenvalue weighted by atomic mass is 10.3. The van der Waals surface area contributed by atoms with Gasteiger partial charge in [-0.15, -0.1) is 0 Å². The number of carbonyl (C=O) groups is 2. The first kappa shape index (κ1) is 13.9. The summed E-state index contributed by atoms with van der Waals surface area (Å²) in [4.78, 5) is 24.7. The predicted octanol–water partition coefficient (Wildman–Crippen LogP) is -1.64. The van der Waals surface area contributed by atoms with E-state index >= 15 is 0 Å². The second-order valence-corrected chi connectivity index (χ2v) is 3.82. The van der Waals surface area contributed by atoms with Gasteiger partial charge in [-0.3, -0.25) is 15.0 Å². The van der Waals surface area contributed by atoms with Crippen LogP contribution in [-0.2, 0) is 9.53 Å². The molecule has 0 aromatic heterocycles. The van der Waals surface area contributed by atoms with E-state index in [4.69, 9.17) is 4.74 Å². The summed E-state index contributed by atoms with van der Waals surface area (Å²) in [5.41, 5.74) is 0. The fraction of sp³-hybridized carbons (Fsp3) is 0.800. The zero-order valence-corrected chi connectivity index (χ0v) is 10.1. The van der Waals surface area contributed by atoms with E-state index in [0.717, 1.165) is 26.2 Å². The number of hydrogen-bond acceptors (Lipinski definition) is 5. The number of urea groups is 1. The van der Waals surface area contributed by atoms with Crippen LogP contribution in [-0.4, -0.2) is 69.8 Å². The third-order valence-electron chi connectivity index (χ3n) is 2.42. The van der Waals surface area contributed by atoms with E-state index in [1.54, 1.807) is 7.11 Å². The molecule has 7 heteroatoms. The summed E-state index contributed by atoms with van der Waals surface area (Å²) in [7, 11) is 1.55. The molecule has 0 radical (unpaired) electrons. The highest BCUT2D eigenvalue weighted by Crippen LogP contribution is 1.90. The summed E-state index contributed by atoms with van der Waals surface area (Å²) in [6, 6.07) is -0.470. The molecule has 0 aromatic carbocycles. The topological polar surface area (TPSA) is 82.7 Å². The Morgan fingerprint density at radius 3 is 2.71 bits per heavy atom. The van der Waals surface area contributed by atoms with Crippen LogP contribution in [0.3, 0.4) is 0 Å². The van der Waals surface area contributed by atoms with Crippen molar-refractivity contribution in [1.82, 2.24) is 20.9 Å². The average molecular weight is 244 g/mol. The molecule has 0 aromatic rings. The molecule has 0 atom stereocenters. The fourth-order valence-electron chi connectivity index (χ4n) is 1.55. The van der Waals surface area contributed by atoms with Crippen LogP contribution in [0.2, 0.25) is 0 Å². The van der Waals surface area contributed by atoms with Gasteiger partial charge in [0.25, 0.3) is 0 Å². The SMILES string of the molecule is COCCNC(=O)NC(=O)CN1CCNCC1. The number of nitrogens with zero attached hydrogens (tertiary/aromatic N) is 1. The Bertz CT molecular complexity index is 254.